The molecule has 3 aromatic rings. The molecule has 1 aliphatic rings. The van der Waals surface area contributed by atoms with Crippen molar-refractivity contribution in [3.8, 4) is 34.3 Å². The van der Waals surface area contributed by atoms with Gasteiger partial charge in [-0.1, -0.05) is 35.3 Å². The van der Waals surface area contributed by atoms with E-state index in [4.69, 9.17) is 37.7 Å². The fourth-order valence-electron chi connectivity index (χ4n) is 4.16. The number of alkyl carbamates (subject to hydrolysis) is 1. The van der Waals surface area contributed by atoms with Gasteiger partial charge >= 0.3 is 6.09 Å². The maximum Gasteiger partial charge on any atom is 0.408 e. The summed E-state index contributed by atoms with van der Waals surface area (Å²) in [7, 11) is 0. The van der Waals surface area contributed by atoms with Crippen molar-refractivity contribution in [2.24, 2.45) is 0 Å². The largest absolute Gasteiger partial charge is 0.471 e. The standard InChI is InChI=1S/C28H27Cl2N3O3/c1-27(2,3)36-26(34)32-23-14-28(4,5)35-25-21(23)13-20(17-7-9-18(29)10-8-17)24(33-25)19-11-6-16(15-31)12-22(19)30/h6-13,23H,14H2,1-5H3,(H,32,34). The lowest BCUT2D eigenvalue weighted by molar-refractivity contribution is 0.0367. The van der Waals surface area contributed by atoms with E-state index >= 15 is 0 Å². The Bertz CT molecular complexity index is 1360. The van der Waals surface area contributed by atoms with Gasteiger partial charge in [-0.05, 0) is 76.6 Å². The molecule has 1 N–H and O–H groups in total. The van der Waals surface area contributed by atoms with E-state index in [0.29, 0.717) is 39.2 Å². The summed E-state index contributed by atoms with van der Waals surface area (Å²) >= 11 is 12.7. The first-order chi connectivity index (χ1) is 16.8. The minimum Gasteiger partial charge on any atom is -0.471 e. The van der Waals surface area contributed by atoms with Crippen molar-refractivity contribution in [3.63, 3.8) is 0 Å². The Labute approximate surface area is 221 Å². The van der Waals surface area contributed by atoms with E-state index in [1.807, 2.05) is 52.8 Å². The fourth-order valence-corrected chi connectivity index (χ4v) is 4.55. The molecule has 0 radical (unpaired) electrons. The summed E-state index contributed by atoms with van der Waals surface area (Å²) in [6.45, 7) is 9.36. The topological polar surface area (TPSA) is 84.2 Å². The van der Waals surface area contributed by atoms with Crippen LogP contribution in [0.4, 0.5) is 4.79 Å². The van der Waals surface area contributed by atoms with E-state index in [2.05, 4.69) is 11.4 Å². The number of carbonyl (C=O) groups is 1. The van der Waals surface area contributed by atoms with Gasteiger partial charge in [0.2, 0.25) is 5.88 Å². The van der Waals surface area contributed by atoms with Crippen molar-refractivity contribution in [2.45, 2.75) is 58.3 Å². The zero-order chi connectivity index (χ0) is 26.3. The third-order valence-electron chi connectivity index (χ3n) is 5.66. The number of nitriles is 1. The van der Waals surface area contributed by atoms with Gasteiger partial charge < -0.3 is 14.8 Å². The van der Waals surface area contributed by atoms with Crippen molar-refractivity contribution >= 4 is 29.3 Å². The number of benzene rings is 2. The summed E-state index contributed by atoms with van der Waals surface area (Å²) in [6, 6.07) is 16.2. The van der Waals surface area contributed by atoms with Crippen LogP contribution in [0.2, 0.25) is 10.0 Å². The van der Waals surface area contributed by atoms with Crippen LogP contribution < -0.4 is 10.1 Å². The molecule has 0 aliphatic carbocycles. The molecule has 2 heterocycles. The van der Waals surface area contributed by atoms with E-state index < -0.39 is 17.3 Å². The molecule has 0 saturated carbocycles. The van der Waals surface area contributed by atoms with Crippen LogP contribution in [-0.2, 0) is 4.74 Å². The molecule has 2 aromatic carbocycles. The van der Waals surface area contributed by atoms with Crippen LogP contribution in [0, 0.1) is 11.3 Å². The molecule has 1 unspecified atom stereocenters. The highest BCUT2D eigenvalue weighted by atomic mass is 35.5. The van der Waals surface area contributed by atoms with Crippen LogP contribution in [0.15, 0.2) is 48.5 Å². The number of nitrogens with one attached hydrogen (secondary N) is 1. The highest BCUT2D eigenvalue weighted by Crippen LogP contribution is 2.44. The van der Waals surface area contributed by atoms with Crippen LogP contribution in [-0.4, -0.2) is 22.3 Å². The second-order valence-corrected chi connectivity index (χ2v) is 11.2. The molecule has 1 amide bonds. The molecule has 1 atom stereocenters. The molecule has 0 saturated heterocycles. The molecular weight excluding hydrogens is 497 g/mol. The molecular formula is C28H27Cl2N3O3. The molecule has 1 aliphatic heterocycles. The monoisotopic (exact) mass is 523 g/mol. The van der Waals surface area contributed by atoms with Gasteiger partial charge in [0.15, 0.2) is 0 Å². The average molecular weight is 524 g/mol. The van der Waals surface area contributed by atoms with Crippen molar-refractivity contribution in [2.75, 3.05) is 0 Å². The number of hydrogen-bond acceptors (Lipinski definition) is 5. The Kier molecular flexibility index (Phi) is 6.92. The molecule has 186 valence electrons. The predicted molar refractivity (Wildman–Crippen MR) is 141 cm³/mol. The number of rotatable bonds is 3. The van der Waals surface area contributed by atoms with Gasteiger partial charge in [-0.15, -0.1) is 0 Å². The Hall–Kier alpha value is -3.27. The first-order valence-corrected chi connectivity index (χ1v) is 12.3. The first-order valence-electron chi connectivity index (χ1n) is 11.5. The third kappa shape index (κ3) is 5.75. The maximum atomic E-state index is 12.7. The third-order valence-corrected chi connectivity index (χ3v) is 6.22. The number of pyridine rings is 1. The molecule has 0 spiro atoms. The lowest BCUT2D eigenvalue weighted by Gasteiger charge is -2.37. The second-order valence-electron chi connectivity index (χ2n) is 10.4. The van der Waals surface area contributed by atoms with E-state index in [1.54, 1.807) is 30.3 Å². The number of ether oxygens (including phenoxy) is 2. The summed E-state index contributed by atoms with van der Waals surface area (Å²) in [4.78, 5) is 17.6. The summed E-state index contributed by atoms with van der Waals surface area (Å²) in [6.07, 6.45) is 0.0150. The van der Waals surface area contributed by atoms with E-state index in [9.17, 15) is 10.1 Å². The van der Waals surface area contributed by atoms with Crippen LogP contribution in [0.1, 0.15) is 58.2 Å². The number of aromatic nitrogens is 1. The number of nitrogens with zero attached hydrogens (tertiary/aromatic N) is 2. The summed E-state index contributed by atoms with van der Waals surface area (Å²) in [5, 5.41) is 13.3. The van der Waals surface area contributed by atoms with E-state index in [0.717, 1.165) is 16.7 Å². The minimum atomic E-state index is -0.628. The molecule has 0 bridgehead atoms. The highest BCUT2D eigenvalue weighted by Gasteiger charge is 2.37. The Balaban J connectivity index is 1.89. The summed E-state index contributed by atoms with van der Waals surface area (Å²) in [5.41, 5.74) is 2.88. The highest BCUT2D eigenvalue weighted by molar-refractivity contribution is 6.33. The summed E-state index contributed by atoms with van der Waals surface area (Å²) in [5.74, 6) is 0.403. The Morgan fingerprint density at radius 3 is 2.44 bits per heavy atom. The number of carbonyl (C=O) groups excluding carboxylic acids is 1. The van der Waals surface area contributed by atoms with Gasteiger partial charge in [0.05, 0.1) is 28.4 Å². The van der Waals surface area contributed by atoms with Gasteiger partial charge in [-0.2, -0.15) is 5.26 Å². The van der Waals surface area contributed by atoms with Crippen LogP contribution in [0.5, 0.6) is 5.88 Å². The molecule has 0 fully saturated rings. The van der Waals surface area contributed by atoms with Gasteiger partial charge in [0, 0.05) is 28.1 Å². The molecule has 36 heavy (non-hydrogen) atoms. The van der Waals surface area contributed by atoms with Crippen LogP contribution in [0.3, 0.4) is 0 Å². The minimum absolute atomic E-state index is 0.386. The quantitative estimate of drug-likeness (QED) is 0.379. The molecule has 1 aromatic heterocycles. The first kappa shape index (κ1) is 25.8. The normalized spacial score (nSPS) is 16.3. The average Bonchev–Trinajstić information content (AvgIpc) is 2.77. The van der Waals surface area contributed by atoms with Crippen molar-refractivity contribution in [1.29, 1.82) is 5.26 Å². The number of hydrogen-bond donors (Lipinski definition) is 1. The van der Waals surface area contributed by atoms with Crippen molar-refractivity contribution in [3.05, 3.63) is 69.7 Å². The zero-order valence-corrected chi connectivity index (χ0v) is 22.3. The lowest BCUT2D eigenvalue weighted by atomic mass is 9.88. The van der Waals surface area contributed by atoms with E-state index in [-0.39, 0.29) is 6.04 Å². The van der Waals surface area contributed by atoms with Crippen LogP contribution >= 0.6 is 23.2 Å². The van der Waals surface area contributed by atoms with E-state index in [1.165, 1.54) is 0 Å². The smallest absolute Gasteiger partial charge is 0.408 e. The lowest BCUT2D eigenvalue weighted by Crippen LogP contribution is -2.43. The van der Waals surface area contributed by atoms with Gasteiger partial charge in [0.25, 0.3) is 0 Å². The van der Waals surface area contributed by atoms with Gasteiger partial charge in [0.1, 0.15) is 11.2 Å². The number of fused-ring (bicyclic) bond motifs is 1. The summed E-state index contributed by atoms with van der Waals surface area (Å²) < 4.78 is 11.8. The fraction of sp³-hybridized carbons (Fsp3) is 0.321. The van der Waals surface area contributed by atoms with Crippen LogP contribution in [0.25, 0.3) is 22.4 Å². The predicted octanol–water partition coefficient (Wildman–Crippen LogP) is 7.72. The van der Waals surface area contributed by atoms with Crippen molar-refractivity contribution < 1.29 is 14.3 Å². The van der Waals surface area contributed by atoms with Gasteiger partial charge in [-0.3, -0.25) is 0 Å². The molecule has 4 rings (SSSR count). The Morgan fingerprint density at radius 2 is 1.83 bits per heavy atom. The second kappa shape index (κ2) is 9.65. The number of halogens is 2. The zero-order valence-electron chi connectivity index (χ0n) is 20.8. The number of amides is 1. The maximum absolute atomic E-state index is 12.7. The molecule has 6 nitrogen and oxygen atoms in total. The Morgan fingerprint density at radius 1 is 1.14 bits per heavy atom. The SMILES string of the molecule is CC(C)(C)OC(=O)NC1CC(C)(C)Oc2nc(-c3ccc(C#N)cc3Cl)c(-c3ccc(Cl)cc3)cc21. The van der Waals surface area contributed by atoms with Crippen molar-refractivity contribution in [1.82, 2.24) is 10.3 Å². The van der Waals surface area contributed by atoms with Gasteiger partial charge in [-0.25, -0.2) is 9.78 Å². The molecule has 8 heteroatoms.